The number of ether oxygens (including phenoxy) is 2. The lowest BCUT2D eigenvalue weighted by Crippen LogP contribution is -2.04. The highest BCUT2D eigenvalue weighted by Crippen LogP contribution is 2.25. The molecular formula is C29H33N3O10. The van der Waals surface area contributed by atoms with Crippen molar-refractivity contribution >= 4 is 35.0 Å². The molecule has 0 unspecified atom stereocenters. The van der Waals surface area contributed by atoms with Crippen molar-refractivity contribution in [1.82, 2.24) is 0 Å². The number of aryl methyl sites for hydroxylation is 6. The lowest BCUT2D eigenvalue weighted by molar-refractivity contribution is -0.386. The van der Waals surface area contributed by atoms with Gasteiger partial charge in [-0.2, -0.15) is 0 Å². The van der Waals surface area contributed by atoms with Crippen molar-refractivity contribution in [2.24, 2.45) is 0 Å². The number of rotatable bonds is 5. The van der Waals surface area contributed by atoms with E-state index >= 15 is 0 Å². The van der Waals surface area contributed by atoms with E-state index in [4.69, 9.17) is 10.8 Å². The van der Waals surface area contributed by atoms with E-state index in [1.54, 1.807) is 26.0 Å². The second kappa shape index (κ2) is 14.9. The van der Waals surface area contributed by atoms with E-state index in [1.165, 1.54) is 52.3 Å². The van der Waals surface area contributed by atoms with Gasteiger partial charge in [-0.15, -0.1) is 0 Å². The van der Waals surface area contributed by atoms with Crippen LogP contribution in [0.2, 0.25) is 0 Å². The Labute approximate surface area is 242 Å². The number of anilines is 1. The Hall–Kier alpha value is -5.33. The minimum atomic E-state index is -1.08. The molecule has 3 aromatic rings. The van der Waals surface area contributed by atoms with Crippen molar-refractivity contribution in [3.63, 3.8) is 0 Å². The summed E-state index contributed by atoms with van der Waals surface area (Å²) in [6.07, 6.45) is 0. The second-order valence-corrected chi connectivity index (χ2v) is 9.24. The summed E-state index contributed by atoms with van der Waals surface area (Å²) < 4.78 is 9.14. The highest BCUT2D eigenvalue weighted by Gasteiger charge is 2.19. The third kappa shape index (κ3) is 8.84. The first-order valence-electron chi connectivity index (χ1n) is 12.2. The molecule has 0 bridgehead atoms. The number of methoxy groups -OCH3 is 2. The second-order valence-electron chi connectivity index (χ2n) is 9.24. The minimum absolute atomic E-state index is 0.0185. The number of nitro benzene ring substituents is 2. The van der Waals surface area contributed by atoms with Gasteiger partial charge in [-0.1, -0.05) is 0 Å². The van der Waals surface area contributed by atoms with Crippen LogP contribution in [0, 0.1) is 61.8 Å². The summed E-state index contributed by atoms with van der Waals surface area (Å²) in [7, 11) is 2.64. The molecular weight excluding hydrogens is 550 g/mol. The number of aromatic carboxylic acids is 1. The summed E-state index contributed by atoms with van der Waals surface area (Å²) in [6.45, 7) is 9.98. The van der Waals surface area contributed by atoms with Gasteiger partial charge in [0.15, 0.2) is 0 Å². The van der Waals surface area contributed by atoms with Gasteiger partial charge in [0.25, 0.3) is 11.4 Å². The van der Waals surface area contributed by atoms with E-state index in [0.29, 0.717) is 33.4 Å². The summed E-state index contributed by atoms with van der Waals surface area (Å²) >= 11 is 0. The van der Waals surface area contributed by atoms with E-state index < -0.39 is 21.8 Å². The highest BCUT2D eigenvalue weighted by atomic mass is 16.6. The molecule has 3 aromatic carbocycles. The Morgan fingerprint density at radius 2 is 0.881 bits per heavy atom. The zero-order valence-electron chi connectivity index (χ0n) is 24.6. The topological polar surface area (TPSA) is 202 Å². The number of nitrogens with zero attached hydrogens (tertiary/aromatic N) is 2. The molecule has 0 radical (unpaired) electrons. The van der Waals surface area contributed by atoms with Crippen LogP contribution >= 0.6 is 0 Å². The van der Waals surface area contributed by atoms with Crippen LogP contribution < -0.4 is 5.73 Å². The van der Waals surface area contributed by atoms with Crippen LogP contribution in [0.15, 0.2) is 36.4 Å². The van der Waals surface area contributed by atoms with Crippen LogP contribution in [-0.2, 0) is 9.47 Å². The highest BCUT2D eigenvalue weighted by molar-refractivity contribution is 5.91. The number of carbonyl (C=O) groups excluding carboxylic acids is 2. The lowest BCUT2D eigenvalue weighted by atomic mass is 10.0. The van der Waals surface area contributed by atoms with E-state index in [9.17, 15) is 34.6 Å². The molecule has 0 spiro atoms. The minimum Gasteiger partial charge on any atom is -0.478 e. The molecule has 0 amide bonds. The molecule has 3 rings (SSSR count). The number of carbonyl (C=O) groups is 3. The van der Waals surface area contributed by atoms with Crippen molar-refractivity contribution in [2.45, 2.75) is 41.5 Å². The fourth-order valence-corrected chi connectivity index (χ4v) is 4.06. The van der Waals surface area contributed by atoms with Gasteiger partial charge in [-0.25, -0.2) is 14.4 Å². The molecule has 0 fully saturated rings. The Morgan fingerprint density at radius 3 is 1.12 bits per heavy atom. The molecule has 3 N–H and O–H groups in total. The molecule has 13 heteroatoms. The van der Waals surface area contributed by atoms with E-state index in [-0.39, 0.29) is 22.9 Å². The van der Waals surface area contributed by atoms with Gasteiger partial charge in [0.1, 0.15) is 0 Å². The fraction of sp³-hybridized carbons (Fsp3) is 0.276. The number of hydrogen-bond acceptors (Lipinski definition) is 10. The zero-order valence-corrected chi connectivity index (χ0v) is 24.6. The maximum atomic E-state index is 11.2. The van der Waals surface area contributed by atoms with E-state index in [1.807, 2.05) is 13.8 Å². The monoisotopic (exact) mass is 583 g/mol. The fourth-order valence-electron chi connectivity index (χ4n) is 4.06. The summed E-state index contributed by atoms with van der Waals surface area (Å²) in [5.74, 6) is -1.90. The Kier molecular flexibility index (Phi) is 12.3. The maximum Gasteiger partial charge on any atom is 0.337 e. The van der Waals surface area contributed by atoms with Crippen molar-refractivity contribution < 1.29 is 38.8 Å². The van der Waals surface area contributed by atoms with E-state index in [0.717, 1.165) is 16.8 Å². The van der Waals surface area contributed by atoms with Crippen LogP contribution in [0.3, 0.4) is 0 Å². The molecule has 0 atom stereocenters. The van der Waals surface area contributed by atoms with Crippen LogP contribution in [0.25, 0.3) is 0 Å². The molecule has 0 saturated carbocycles. The molecule has 0 heterocycles. The van der Waals surface area contributed by atoms with Crippen molar-refractivity contribution in [3.8, 4) is 0 Å². The lowest BCUT2D eigenvalue weighted by Gasteiger charge is -2.06. The first-order chi connectivity index (χ1) is 19.5. The number of benzene rings is 3. The molecule has 0 saturated heterocycles. The third-order valence-electron chi connectivity index (χ3n) is 6.03. The number of esters is 2. The van der Waals surface area contributed by atoms with Gasteiger partial charge in [0.05, 0.1) is 40.8 Å². The Morgan fingerprint density at radius 1 is 0.619 bits per heavy atom. The number of nitro groups is 2. The van der Waals surface area contributed by atoms with Crippen LogP contribution in [-0.4, -0.2) is 47.1 Å². The molecule has 0 aliphatic carbocycles. The quantitative estimate of drug-likeness (QED) is 0.164. The molecule has 224 valence electrons. The molecule has 0 aromatic heterocycles. The van der Waals surface area contributed by atoms with Crippen LogP contribution in [0.5, 0.6) is 0 Å². The molecule has 13 nitrogen and oxygen atoms in total. The number of hydrogen-bond donors (Lipinski definition) is 2. The predicted octanol–water partition coefficient (Wildman–Crippen LogP) is 5.58. The Bertz CT molecular complexity index is 1480. The first kappa shape index (κ1) is 34.7. The molecule has 0 aliphatic heterocycles. The number of carboxylic acid groups (broad SMARTS) is 1. The summed E-state index contributed by atoms with van der Waals surface area (Å²) in [4.78, 5) is 53.3. The van der Waals surface area contributed by atoms with Crippen molar-refractivity contribution in [1.29, 1.82) is 0 Å². The van der Waals surface area contributed by atoms with Gasteiger partial charge in [-0.05, 0) is 89.1 Å². The van der Waals surface area contributed by atoms with Gasteiger partial charge in [-0.3, -0.25) is 20.2 Å². The third-order valence-corrected chi connectivity index (χ3v) is 6.03. The van der Waals surface area contributed by atoms with Gasteiger partial charge >= 0.3 is 17.9 Å². The number of carboxylic acids is 1. The SMILES string of the molecule is COC(=O)c1cc(C)c(N)c(C)c1.COC(=O)c1cc(C)c([N+](=O)[O-])c(C)c1.Cc1cc(C(=O)O)cc(C)c1[N+](=O)[O-]. The number of nitrogens with two attached hydrogens (primary N) is 1. The van der Waals surface area contributed by atoms with Crippen molar-refractivity contribution in [2.75, 3.05) is 20.0 Å². The smallest absolute Gasteiger partial charge is 0.337 e. The van der Waals surface area contributed by atoms with Gasteiger partial charge in [0.2, 0.25) is 0 Å². The Balaban J connectivity index is 0.000000316. The summed E-state index contributed by atoms with van der Waals surface area (Å²) in [6, 6.07) is 8.97. The predicted molar refractivity (Wildman–Crippen MR) is 155 cm³/mol. The summed E-state index contributed by atoms with van der Waals surface area (Å²) in [5, 5.41) is 30.0. The zero-order chi connectivity index (χ0) is 32.5. The van der Waals surface area contributed by atoms with Gasteiger partial charge in [0, 0.05) is 27.9 Å². The molecule has 42 heavy (non-hydrogen) atoms. The van der Waals surface area contributed by atoms with Gasteiger partial charge < -0.3 is 20.3 Å². The van der Waals surface area contributed by atoms with Crippen LogP contribution in [0.4, 0.5) is 17.1 Å². The normalized spacial score (nSPS) is 9.81. The average Bonchev–Trinajstić information content (AvgIpc) is 2.89. The van der Waals surface area contributed by atoms with Crippen LogP contribution in [0.1, 0.15) is 64.5 Å². The largest absolute Gasteiger partial charge is 0.478 e. The first-order valence-corrected chi connectivity index (χ1v) is 12.2. The maximum absolute atomic E-state index is 11.2. The standard InChI is InChI=1S/C10H11NO4.C10H13NO2.C9H9NO4/c1-6-4-8(10(12)15-3)5-7(2)9(6)11(13)14;1-6-4-8(10(12)13-3)5-7(2)9(6)11;1-5-3-7(9(11)12)4-6(2)8(5)10(13)14/h4-5H,1-3H3;4-5H,11H2,1-3H3;3-4H,1-2H3,(H,11,12). The average molecular weight is 584 g/mol. The van der Waals surface area contributed by atoms with E-state index in [2.05, 4.69) is 9.47 Å². The summed E-state index contributed by atoms with van der Waals surface area (Å²) in [5.41, 5.74) is 10.9. The van der Waals surface area contributed by atoms with Crippen molar-refractivity contribution in [3.05, 3.63) is 107 Å². The molecule has 0 aliphatic rings. The number of nitrogen functional groups attached to an aromatic ring is 1.